The average Bonchev–Trinajstić information content (AvgIpc) is 2.15. The topological polar surface area (TPSA) is 57.2 Å². The average molecular weight is 336 g/mol. The van der Waals surface area contributed by atoms with Gasteiger partial charge in [-0.15, -0.1) is 0 Å². The Kier molecular flexibility index (Phi) is 3.69. The number of hydrogen-bond acceptors (Lipinski definition) is 3. The third kappa shape index (κ3) is 2.47. The Morgan fingerprint density at radius 1 is 0.933 bits per heavy atom. The van der Waals surface area contributed by atoms with Crippen molar-refractivity contribution >= 4 is 20.9 Å². The van der Waals surface area contributed by atoms with Crippen molar-refractivity contribution in [3.63, 3.8) is 0 Å². The number of benzene rings is 2. The third-order valence-electron chi connectivity index (χ3n) is 2.02. The molecule has 0 bridgehead atoms. The Morgan fingerprint density at radius 3 is 2.20 bits per heavy atom. The van der Waals surface area contributed by atoms with Crippen molar-refractivity contribution in [3.05, 3.63) is 42.5 Å². The molecule has 0 saturated carbocycles. The van der Waals surface area contributed by atoms with E-state index in [-0.39, 0.29) is 28.9 Å². The van der Waals surface area contributed by atoms with Crippen molar-refractivity contribution in [2.75, 3.05) is 0 Å². The van der Waals surface area contributed by atoms with Crippen molar-refractivity contribution in [3.8, 4) is 0 Å². The van der Waals surface area contributed by atoms with E-state index in [0.29, 0.717) is 5.39 Å². The molecule has 2 aromatic rings. The number of rotatable bonds is 1. The van der Waals surface area contributed by atoms with Crippen LogP contribution in [0.15, 0.2) is 47.4 Å². The number of halogens is 1. The molecule has 0 unspecified atom stereocenters. The fraction of sp³-hybridized carbons (Fsp3) is 0. The Bertz CT molecular complexity index is 573. The highest BCUT2D eigenvalue weighted by molar-refractivity contribution is 7.86. The summed E-state index contributed by atoms with van der Waals surface area (Å²) in [6, 6.07) is 11.5. The van der Waals surface area contributed by atoms with Crippen LogP contribution in [0.2, 0.25) is 0 Å². The molecule has 0 saturated heterocycles. The summed E-state index contributed by atoms with van der Waals surface area (Å²) in [5.41, 5.74) is 0. The summed E-state index contributed by atoms with van der Waals surface area (Å²) in [6.07, 6.45) is 0. The second kappa shape index (κ2) is 4.46. The minimum Gasteiger partial charge on any atom is -0.744 e. The first-order valence-electron chi connectivity index (χ1n) is 4.03. The zero-order chi connectivity index (χ0) is 10.2. The van der Waals surface area contributed by atoms with Gasteiger partial charge < -0.3 is 4.55 Å². The van der Waals surface area contributed by atoms with Crippen molar-refractivity contribution in [1.82, 2.24) is 0 Å². The summed E-state index contributed by atoms with van der Waals surface area (Å²) in [6.45, 7) is 0. The highest BCUT2D eigenvalue weighted by Gasteiger charge is 2.05. The molecule has 5 heteroatoms. The van der Waals surface area contributed by atoms with Crippen molar-refractivity contribution in [2.45, 2.75) is 4.90 Å². The van der Waals surface area contributed by atoms with E-state index in [1.165, 1.54) is 6.07 Å². The zero-order valence-electron chi connectivity index (χ0n) is 7.62. The second-order valence-corrected chi connectivity index (χ2v) is 4.28. The molecule has 0 heterocycles. The number of fused-ring (bicyclic) bond motifs is 1. The lowest BCUT2D eigenvalue weighted by atomic mass is 10.1. The Balaban J connectivity index is 0.00000112. The van der Waals surface area contributed by atoms with Crippen LogP contribution >= 0.6 is 0 Å². The molecule has 0 aliphatic carbocycles. The van der Waals surface area contributed by atoms with Crippen LogP contribution in [0.5, 0.6) is 0 Å². The molecular formula is C10H9IO3S. The molecule has 0 spiro atoms. The molecule has 0 amide bonds. The SMILES string of the molecule is O=S(=O)([O-])c1cccc2ccccc12.[IH2+]. The summed E-state index contributed by atoms with van der Waals surface area (Å²) in [5.74, 6) is 0. The number of hydrogen-bond donors (Lipinski definition) is 0. The van der Waals surface area contributed by atoms with Crippen molar-refractivity contribution in [2.24, 2.45) is 0 Å². The van der Waals surface area contributed by atoms with Gasteiger partial charge in [-0.05, 0) is 16.8 Å². The van der Waals surface area contributed by atoms with Crippen LogP contribution < -0.4 is 24.0 Å². The van der Waals surface area contributed by atoms with E-state index in [2.05, 4.69) is 0 Å². The maximum atomic E-state index is 10.9. The standard InChI is InChI=1S/C10H8O3S.H2I/c11-14(12,13)10-7-3-5-8-4-1-2-6-9(8)10;/h1-7H,(H,11,12,13);1H2/q;+1/p-1. The van der Waals surface area contributed by atoms with E-state index in [1.807, 2.05) is 0 Å². The van der Waals surface area contributed by atoms with Gasteiger partial charge in [0.15, 0.2) is 0 Å². The van der Waals surface area contributed by atoms with E-state index >= 15 is 0 Å². The molecule has 80 valence electrons. The van der Waals surface area contributed by atoms with Crippen LogP contribution in [0.3, 0.4) is 0 Å². The first-order valence-corrected chi connectivity index (χ1v) is 5.43. The Hall–Kier alpha value is -0.660. The van der Waals surface area contributed by atoms with Crippen LogP contribution in [0.1, 0.15) is 0 Å². The Morgan fingerprint density at radius 2 is 1.53 bits per heavy atom. The van der Waals surface area contributed by atoms with E-state index in [0.717, 1.165) is 5.39 Å². The van der Waals surface area contributed by atoms with Crippen LogP contribution in [-0.4, -0.2) is 13.0 Å². The molecule has 0 N–H and O–H groups in total. The van der Waals surface area contributed by atoms with Crippen LogP contribution in [0, 0.1) is 0 Å². The Labute approximate surface area is 105 Å². The van der Waals surface area contributed by atoms with E-state index in [9.17, 15) is 13.0 Å². The molecule has 3 nitrogen and oxygen atoms in total. The quantitative estimate of drug-likeness (QED) is 0.457. The smallest absolute Gasteiger partial charge is 0.235 e. The maximum absolute atomic E-state index is 10.9. The normalized spacial score (nSPS) is 11.0. The minimum absolute atomic E-state index is 0. The lowest BCUT2D eigenvalue weighted by Gasteiger charge is -2.09. The fourth-order valence-corrected chi connectivity index (χ4v) is 2.11. The molecule has 2 rings (SSSR count). The van der Waals surface area contributed by atoms with Gasteiger partial charge >= 0.3 is 0 Å². The summed E-state index contributed by atoms with van der Waals surface area (Å²) in [7, 11) is -4.38. The molecule has 0 radical (unpaired) electrons. The largest absolute Gasteiger partial charge is 0.744 e. The lowest BCUT2D eigenvalue weighted by molar-refractivity contribution is -0.00000709. The summed E-state index contributed by atoms with van der Waals surface area (Å²) >= 11 is 0. The maximum Gasteiger partial charge on any atom is 0.235 e. The van der Waals surface area contributed by atoms with Gasteiger partial charge in [0.2, 0.25) is 24.0 Å². The molecule has 0 aliphatic rings. The molecule has 0 aromatic heterocycles. The monoisotopic (exact) mass is 336 g/mol. The summed E-state index contributed by atoms with van der Waals surface area (Å²) in [4.78, 5) is -0.157. The first-order chi connectivity index (χ1) is 6.59. The predicted molar refractivity (Wildman–Crippen MR) is 54.7 cm³/mol. The minimum atomic E-state index is -4.38. The molecule has 0 fully saturated rings. The van der Waals surface area contributed by atoms with Gasteiger partial charge in [-0.2, -0.15) is 0 Å². The van der Waals surface area contributed by atoms with E-state index < -0.39 is 10.1 Å². The van der Waals surface area contributed by atoms with Crippen LogP contribution in [-0.2, 0) is 10.1 Å². The van der Waals surface area contributed by atoms with Gasteiger partial charge in [0, 0.05) is 0 Å². The van der Waals surface area contributed by atoms with E-state index in [4.69, 9.17) is 0 Å². The molecular weight excluding hydrogens is 327 g/mol. The summed E-state index contributed by atoms with van der Waals surface area (Å²) in [5, 5.41) is 1.23. The van der Waals surface area contributed by atoms with Crippen LogP contribution in [0.25, 0.3) is 10.8 Å². The van der Waals surface area contributed by atoms with Crippen LogP contribution in [0.4, 0.5) is 0 Å². The van der Waals surface area contributed by atoms with Gasteiger partial charge in [-0.1, -0.05) is 36.4 Å². The second-order valence-electron chi connectivity index (χ2n) is 2.93. The van der Waals surface area contributed by atoms with E-state index in [1.54, 1.807) is 36.4 Å². The zero-order valence-corrected chi connectivity index (χ0v) is 11.0. The molecule has 15 heavy (non-hydrogen) atoms. The van der Waals surface area contributed by atoms with Gasteiger partial charge in [-0.25, -0.2) is 8.42 Å². The van der Waals surface area contributed by atoms with Gasteiger partial charge in [-0.3, -0.25) is 0 Å². The van der Waals surface area contributed by atoms with Crippen molar-refractivity contribution < 1.29 is 36.9 Å². The summed E-state index contributed by atoms with van der Waals surface area (Å²) < 4.78 is 32.7. The third-order valence-corrected chi connectivity index (χ3v) is 2.91. The molecule has 0 atom stereocenters. The van der Waals surface area contributed by atoms with Gasteiger partial charge in [0.25, 0.3) is 0 Å². The fourth-order valence-electron chi connectivity index (χ4n) is 1.41. The highest BCUT2D eigenvalue weighted by Crippen LogP contribution is 2.21. The lowest BCUT2D eigenvalue weighted by Crippen LogP contribution is -3.00. The highest BCUT2D eigenvalue weighted by atomic mass is 127. The first kappa shape index (κ1) is 12.4. The van der Waals surface area contributed by atoms with Crippen molar-refractivity contribution in [1.29, 1.82) is 0 Å². The van der Waals surface area contributed by atoms with Gasteiger partial charge in [0.1, 0.15) is 10.1 Å². The predicted octanol–water partition coefficient (Wildman–Crippen LogP) is -1.79. The van der Waals surface area contributed by atoms with Gasteiger partial charge in [0.05, 0.1) is 4.90 Å². The molecule has 0 aliphatic heterocycles. The molecule has 2 aromatic carbocycles.